The van der Waals surface area contributed by atoms with Gasteiger partial charge in [0.25, 0.3) is 5.91 Å². The van der Waals surface area contributed by atoms with Gasteiger partial charge in [-0.2, -0.15) is 0 Å². The Bertz CT molecular complexity index is 596. The molecular weight excluding hydrogens is 284 g/mol. The van der Waals surface area contributed by atoms with Crippen molar-refractivity contribution in [3.63, 3.8) is 0 Å². The number of ether oxygens (including phenoxy) is 1. The number of esters is 1. The Morgan fingerprint density at radius 3 is 2.64 bits per heavy atom. The predicted molar refractivity (Wildman–Crippen MR) is 80.5 cm³/mol. The molecular formula is C16H20N2O4. The van der Waals surface area contributed by atoms with Crippen LogP contribution in [0.15, 0.2) is 18.2 Å². The summed E-state index contributed by atoms with van der Waals surface area (Å²) in [6.45, 7) is -0.501. The standard InChI is InChI=1S/C16H20N2O4/c1-18(2)15(20)9-17-14(19)10-22-16(21)13-7-6-11-4-3-5-12(11)8-13/h6-8H,3-5,9-10H2,1-2H3,(H,17,19). The topological polar surface area (TPSA) is 75.7 Å². The van der Waals surface area contributed by atoms with Gasteiger partial charge in [-0.25, -0.2) is 4.79 Å². The van der Waals surface area contributed by atoms with E-state index in [2.05, 4.69) is 5.32 Å². The molecule has 0 aliphatic heterocycles. The van der Waals surface area contributed by atoms with Crippen LogP contribution in [0.5, 0.6) is 0 Å². The average Bonchev–Trinajstić information content (AvgIpc) is 2.97. The molecule has 0 aromatic heterocycles. The van der Waals surface area contributed by atoms with Crippen LogP contribution in [0, 0.1) is 0 Å². The number of nitrogens with zero attached hydrogens (tertiary/aromatic N) is 1. The third kappa shape index (κ3) is 4.07. The molecule has 1 aromatic rings. The molecule has 118 valence electrons. The van der Waals surface area contributed by atoms with Crippen LogP contribution in [0.1, 0.15) is 27.9 Å². The van der Waals surface area contributed by atoms with Gasteiger partial charge in [0, 0.05) is 14.1 Å². The first-order valence-electron chi connectivity index (χ1n) is 7.23. The molecule has 1 aliphatic carbocycles. The Morgan fingerprint density at radius 1 is 1.18 bits per heavy atom. The summed E-state index contributed by atoms with van der Waals surface area (Å²) in [6, 6.07) is 5.49. The SMILES string of the molecule is CN(C)C(=O)CNC(=O)COC(=O)c1ccc2c(c1)CCC2. The fourth-order valence-electron chi connectivity index (χ4n) is 2.30. The van der Waals surface area contributed by atoms with Crippen LogP contribution >= 0.6 is 0 Å². The maximum atomic E-state index is 11.9. The summed E-state index contributed by atoms with van der Waals surface area (Å²) in [5, 5.41) is 2.40. The third-order valence-corrected chi connectivity index (χ3v) is 3.60. The number of rotatable bonds is 5. The highest BCUT2D eigenvalue weighted by atomic mass is 16.5. The quantitative estimate of drug-likeness (QED) is 0.806. The molecule has 1 aromatic carbocycles. The average molecular weight is 304 g/mol. The summed E-state index contributed by atoms with van der Waals surface area (Å²) >= 11 is 0. The number of carbonyl (C=O) groups excluding carboxylic acids is 3. The lowest BCUT2D eigenvalue weighted by molar-refractivity contribution is -0.131. The molecule has 0 radical (unpaired) electrons. The summed E-state index contributed by atoms with van der Waals surface area (Å²) in [4.78, 5) is 36.1. The number of aryl methyl sites for hydroxylation is 2. The minimum atomic E-state index is -0.524. The summed E-state index contributed by atoms with van der Waals surface area (Å²) < 4.78 is 4.97. The fourth-order valence-corrected chi connectivity index (χ4v) is 2.30. The number of benzene rings is 1. The van der Waals surface area contributed by atoms with Crippen molar-refractivity contribution in [1.29, 1.82) is 0 Å². The lowest BCUT2D eigenvalue weighted by atomic mass is 10.1. The molecule has 0 spiro atoms. The van der Waals surface area contributed by atoms with E-state index in [1.165, 1.54) is 16.0 Å². The van der Waals surface area contributed by atoms with E-state index in [-0.39, 0.29) is 12.5 Å². The molecule has 0 bridgehead atoms. The van der Waals surface area contributed by atoms with E-state index in [0.29, 0.717) is 5.56 Å². The Morgan fingerprint density at radius 2 is 1.91 bits per heavy atom. The molecule has 0 unspecified atom stereocenters. The summed E-state index contributed by atoms with van der Waals surface area (Å²) in [7, 11) is 3.20. The van der Waals surface area contributed by atoms with E-state index < -0.39 is 18.5 Å². The molecule has 6 heteroatoms. The molecule has 1 N–H and O–H groups in total. The van der Waals surface area contributed by atoms with Crippen molar-refractivity contribution in [1.82, 2.24) is 10.2 Å². The van der Waals surface area contributed by atoms with Gasteiger partial charge in [0.1, 0.15) is 0 Å². The van der Waals surface area contributed by atoms with E-state index in [0.717, 1.165) is 19.3 Å². The lowest BCUT2D eigenvalue weighted by Crippen LogP contribution is -2.38. The molecule has 2 amide bonds. The Hall–Kier alpha value is -2.37. The molecule has 1 aliphatic rings. The highest BCUT2D eigenvalue weighted by molar-refractivity contribution is 5.92. The van der Waals surface area contributed by atoms with E-state index in [4.69, 9.17) is 4.74 Å². The van der Waals surface area contributed by atoms with Crippen LogP contribution in [0.4, 0.5) is 0 Å². The molecule has 0 saturated heterocycles. The molecule has 22 heavy (non-hydrogen) atoms. The highest BCUT2D eigenvalue weighted by Gasteiger charge is 2.16. The summed E-state index contributed by atoms with van der Waals surface area (Å²) in [5.74, 6) is -1.24. The zero-order valence-corrected chi connectivity index (χ0v) is 12.8. The Kier molecular flexibility index (Phi) is 5.14. The molecule has 0 saturated carbocycles. The van der Waals surface area contributed by atoms with Gasteiger partial charge >= 0.3 is 5.97 Å². The van der Waals surface area contributed by atoms with Gasteiger partial charge in [-0.1, -0.05) is 6.07 Å². The van der Waals surface area contributed by atoms with Crippen LogP contribution < -0.4 is 5.32 Å². The van der Waals surface area contributed by atoms with Gasteiger partial charge in [-0.3, -0.25) is 9.59 Å². The van der Waals surface area contributed by atoms with Crippen molar-refractivity contribution in [2.45, 2.75) is 19.3 Å². The van der Waals surface area contributed by atoms with Crippen LogP contribution in [0.2, 0.25) is 0 Å². The molecule has 0 fully saturated rings. The first-order valence-corrected chi connectivity index (χ1v) is 7.23. The van der Waals surface area contributed by atoms with E-state index in [1.807, 2.05) is 12.1 Å². The number of nitrogens with one attached hydrogen (secondary N) is 1. The largest absolute Gasteiger partial charge is 0.452 e. The maximum Gasteiger partial charge on any atom is 0.338 e. The van der Waals surface area contributed by atoms with Crippen LogP contribution in [-0.2, 0) is 27.2 Å². The number of fused-ring (bicyclic) bond motifs is 1. The maximum absolute atomic E-state index is 11.9. The van der Waals surface area contributed by atoms with Gasteiger partial charge in [-0.15, -0.1) is 0 Å². The summed E-state index contributed by atoms with van der Waals surface area (Å²) in [6.07, 6.45) is 3.13. The van der Waals surface area contributed by atoms with Crippen molar-refractivity contribution < 1.29 is 19.1 Å². The van der Waals surface area contributed by atoms with Gasteiger partial charge in [0.05, 0.1) is 12.1 Å². The molecule has 0 atom stereocenters. The predicted octanol–water partition coefficient (Wildman–Crippen LogP) is 0.537. The number of likely N-dealkylation sites (N-methyl/N-ethyl adjacent to an activating group) is 1. The van der Waals surface area contributed by atoms with E-state index in [1.54, 1.807) is 20.2 Å². The van der Waals surface area contributed by atoms with Crippen LogP contribution in [0.25, 0.3) is 0 Å². The summed E-state index contributed by atoms with van der Waals surface area (Å²) in [5.41, 5.74) is 2.91. The molecule has 2 rings (SSSR count). The normalized spacial score (nSPS) is 12.5. The monoisotopic (exact) mass is 304 g/mol. The molecule has 6 nitrogen and oxygen atoms in total. The first-order chi connectivity index (χ1) is 10.5. The van der Waals surface area contributed by atoms with Crippen molar-refractivity contribution in [3.05, 3.63) is 34.9 Å². The second-order valence-corrected chi connectivity index (χ2v) is 5.48. The minimum Gasteiger partial charge on any atom is -0.452 e. The highest BCUT2D eigenvalue weighted by Crippen LogP contribution is 2.23. The third-order valence-electron chi connectivity index (χ3n) is 3.60. The van der Waals surface area contributed by atoms with E-state index >= 15 is 0 Å². The Labute approximate surface area is 129 Å². The van der Waals surface area contributed by atoms with Gasteiger partial charge in [0.15, 0.2) is 6.61 Å². The van der Waals surface area contributed by atoms with Crippen molar-refractivity contribution in [2.24, 2.45) is 0 Å². The van der Waals surface area contributed by atoms with Crippen molar-refractivity contribution >= 4 is 17.8 Å². The Balaban J connectivity index is 1.80. The number of hydrogen-bond donors (Lipinski definition) is 1. The second kappa shape index (κ2) is 7.06. The fraction of sp³-hybridized carbons (Fsp3) is 0.438. The van der Waals surface area contributed by atoms with Gasteiger partial charge in [0.2, 0.25) is 5.91 Å². The number of hydrogen-bond acceptors (Lipinski definition) is 4. The number of amides is 2. The molecule has 0 heterocycles. The zero-order valence-electron chi connectivity index (χ0n) is 12.8. The van der Waals surface area contributed by atoms with Crippen molar-refractivity contribution in [2.75, 3.05) is 27.2 Å². The smallest absolute Gasteiger partial charge is 0.338 e. The van der Waals surface area contributed by atoms with Crippen LogP contribution in [-0.4, -0.2) is 49.9 Å². The second-order valence-electron chi connectivity index (χ2n) is 5.48. The zero-order chi connectivity index (χ0) is 16.1. The first kappa shape index (κ1) is 16.0. The van der Waals surface area contributed by atoms with Gasteiger partial charge in [-0.05, 0) is 42.5 Å². The lowest BCUT2D eigenvalue weighted by Gasteiger charge is -2.11. The minimum absolute atomic E-state index is 0.109. The van der Waals surface area contributed by atoms with E-state index in [9.17, 15) is 14.4 Å². The van der Waals surface area contributed by atoms with Gasteiger partial charge < -0.3 is 15.0 Å². The van der Waals surface area contributed by atoms with Crippen LogP contribution in [0.3, 0.4) is 0 Å². The van der Waals surface area contributed by atoms with Crippen molar-refractivity contribution in [3.8, 4) is 0 Å². The number of carbonyl (C=O) groups is 3.